The molecule has 27 heavy (non-hydrogen) atoms. The first-order valence-corrected chi connectivity index (χ1v) is 8.91. The molecule has 0 radical (unpaired) electrons. The SMILES string of the molecule is CCOC(=O)COc1cc(F)c(C)cc1C(=O)N(F)Cc1ccc(Br)cc1. The summed E-state index contributed by atoms with van der Waals surface area (Å²) in [7, 11) is 0. The zero-order valence-electron chi connectivity index (χ0n) is 14.8. The summed E-state index contributed by atoms with van der Waals surface area (Å²) in [5.74, 6) is -2.54. The normalized spacial score (nSPS) is 10.4. The van der Waals surface area contributed by atoms with E-state index in [9.17, 15) is 18.5 Å². The minimum absolute atomic E-state index is 0.00708. The summed E-state index contributed by atoms with van der Waals surface area (Å²) in [5, 5.41) is 0.00708. The molecule has 0 N–H and O–H groups in total. The van der Waals surface area contributed by atoms with E-state index in [1.807, 2.05) is 0 Å². The molecule has 0 aliphatic rings. The summed E-state index contributed by atoms with van der Waals surface area (Å²) in [5.41, 5.74) is 0.540. The quantitative estimate of drug-likeness (QED) is 0.472. The van der Waals surface area contributed by atoms with Crippen LogP contribution in [0.2, 0.25) is 0 Å². The summed E-state index contributed by atoms with van der Waals surface area (Å²) in [4.78, 5) is 23.9. The Bertz CT molecular complexity index is 827. The molecule has 2 rings (SSSR count). The summed E-state index contributed by atoms with van der Waals surface area (Å²) >= 11 is 3.28. The van der Waals surface area contributed by atoms with Crippen LogP contribution >= 0.6 is 15.9 Å². The van der Waals surface area contributed by atoms with Gasteiger partial charge in [-0.25, -0.2) is 9.18 Å². The van der Waals surface area contributed by atoms with Crippen LogP contribution < -0.4 is 4.74 Å². The third-order valence-corrected chi connectivity index (χ3v) is 4.13. The summed E-state index contributed by atoms with van der Waals surface area (Å²) in [6.45, 7) is 2.41. The van der Waals surface area contributed by atoms with E-state index >= 15 is 0 Å². The van der Waals surface area contributed by atoms with Crippen molar-refractivity contribution in [1.82, 2.24) is 5.12 Å². The van der Waals surface area contributed by atoms with Gasteiger partial charge in [0.2, 0.25) is 0 Å². The van der Waals surface area contributed by atoms with E-state index in [-0.39, 0.29) is 35.2 Å². The van der Waals surface area contributed by atoms with Crippen LogP contribution in [0.25, 0.3) is 0 Å². The van der Waals surface area contributed by atoms with Crippen LogP contribution in [0.1, 0.15) is 28.4 Å². The van der Waals surface area contributed by atoms with Gasteiger partial charge in [-0.1, -0.05) is 32.5 Å². The third-order valence-electron chi connectivity index (χ3n) is 3.60. The van der Waals surface area contributed by atoms with Crippen LogP contribution in [-0.4, -0.2) is 30.2 Å². The largest absolute Gasteiger partial charge is 0.481 e. The fourth-order valence-corrected chi connectivity index (χ4v) is 2.51. The number of amides is 1. The van der Waals surface area contributed by atoms with Crippen molar-refractivity contribution in [2.24, 2.45) is 0 Å². The van der Waals surface area contributed by atoms with Crippen molar-refractivity contribution in [3.8, 4) is 5.75 Å². The number of carbonyl (C=O) groups excluding carboxylic acids is 2. The second kappa shape index (κ2) is 9.45. The van der Waals surface area contributed by atoms with Gasteiger partial charge in [0.1, 0.15) is 11.6 Å². The van der Waals surface area contributed by atoms with Gasteiger partial charge in [-0.3, -0.25) is 4.79 Å². The maximum Gasteiger partial charge on any atom is 0.344 e. The summed E-state index contributed by atoms with van der Waals surface area (Å²) in [6, 6.07) is 8.92. The van der Waals surface area contributed by atoms with E-state index in [0.29, 0.717) is 5.56 Å². The zero-order chi connectivity index (χ0) is 20.0. The van der Waals surface area contributed by atoms with Crippen molar-refractivity contribution >= 4 is 27.8 Å². The number of benzene rings is 2. The number of ether oxygens (including phenoxy) is 2. The maximum atomic E-state index is 14.4. The topological polar surface area (TPSA) is 55.8 Å². The Labute approximate surface area is 163 Å². The lowest BCUT2D eigenvalue weighted by Gasteiger charge is -2.16. The minimum Gasteiger partial charge on any atom is -0.481 e. The number of hydrogen-bond acceptors (Lipinski definition) is 4. The summed E-state index contributed by atoms with van der Waals surface area (Å²) in [6.07, 6.45) is 0. The lowest BCUT2D eigenvalue weighted by Crippen LogP contribution is -2.24. The van der Waals surface area contributed by atoms with Gasteiger partial charge in [-0.05, 0) is 43.2 Å². The molecule has 2 aromatic carbocycles. The van der Waals surface area contributed by atoms with Crippen molar-refractivity contribution in [3.63, 3.8) is 0 Å². The van der Waals surface area contributed by atoms with Crippen molar-refractivity contribution in [1.29, 1.82) is 0 Å². The first-order chi connectivity index (χ1) is 12.8. The molecular formula is C19H18BrF2NO4. The van der Waals surface area contributed by atoms with Crippen molar-refractivity contribution in [3.05, 3.63) is 63.4 Å². The zero-order valence-corrected chi connectivity index (χ0v) is 16.4. The van der Waals surface area contributed by atoms with Crippen LogP contribution in [0.15, 0.2) is 40.9 Å². The summed E-state index contributed by atoms with van der Waals surface area (Å²) < 4.78 is 39.0. The third kappa shape index (κ3) is 5.75. The van der Waals surface area contributed by atoms with E-state index in [4.69, 9.17) is 9.47 Å². The maximum absolute atomic E-state index is 14.4. The average Bonchev–Trinajstić information content (AvgIpc) is 2.63. The van der Waals surface area contributed by atoms with Gasteiger partial charge < -0.3 is 9.47 Å². The van der Waals surface area contributed by atoms with E-state index in [2.05, 4.69) is 15.9 Å². The first kappa shape index (κ1) is 20.8. The Kier molecular flexibility index (Phi) is 7.29. The minimum atomic E-state index is -1.00. The Morgan fingerprint density at radius 1 is 1.19 bits per heavy atom. The van der Waals surface area contributed by atoms with E-state index < -0.39 is 24.3 Å². The van der Waals surface area contributed by atoms with Gasteiger partial charge in [0.15, 0.2) is 6.61 Å². The molecule has 1 amide bonds. The Balaban J connectivity index is 2.20. The molecule has 0 spiro atoms. The van der Waals surface area contributed by atoms with Crippen LogP contribution in [-0.2, 0) is 16.1 Å². The molecule has 0 bridgehead atoms. The number of carbonyl (C=O) groups is 2. The highest BCUT2D eigenvalue weighted by atomic mass is 79.9. The monoisotopic (exact) mass is 441 g/mol. The van der Waals surface area contributed by atoms with Gasteiger partial charge in [0.25, 0.3) is 5.91 Å². The molecule has 5 nitrogen and oxygen atoms in total. The van der Waals surface area contributed by atoms with Crippen LogP contribution in [0.3, 0.4) is 0 Å². The molecule has 0 heterocycles. The highest BCUT2D eigenvalue weighted by Gasteiger charge is 2.22. The second-order valence-corrected chi connectivity index (χ2v) is 6.56. The molecule has 0 saturated heterocycles. The number of halogens is 3. The Morgan fingerprint density at radius 3 is 2.48 bits per heavy atom. The number of rotatable bonds is 7. The number of nitrogens with zero attached hydrogens (tertiary/aromatic N) is 1. The molecule has 0 atom stereocenters. The van der Waals surface area contributed by atoms with Crippen LogP contribution in [0, 0.1) is 12.7 Å². The molecule has 8 heteroatoms. The van der Waals surface area contributed by atoms with Gasteiger partial charge >= 0.3 is 5.97 Å². The highest BCUT2D eigenvalue weighted by molar-refractivity contribution is 9.10. The molecule has 2 aromatic rings. The van der Waals surface area contributed by atoms with Crippen LogP contribution in [0.4, 0.5) is 8.87 Å². The van der Waals surface area contributed by atoms with Gasteiger partial charge in [0, 0.05) is 10.5 Å². The van der Waals surface area contributed by atoms with Gasteiger partial charge in [-0.2, -0.15) is 5.12 Å². The molecule has 0 fully saturated rings. The number of aryl methyl sites for hydroxylation is 1. The van der Waals surface area contributed by atoms with E-state index in [1.54, 1.807) is 31.2 Å². The molecule has 144 valence electrons. The lowest BCUT2D eigenvalue weighted by molar-refractivity contribution is -0.145. The van der Waals surface area contributed by atoms with Crippen molar-refractivity contribution < 1.29 is 27.9 Å². The average molecular weight is 442 g/mol. The first-order valence-electron chi connectivity index (χ1n) is 8.12. The molecule has 0 aliphatic carbocycles. The molecule has 0 saturated carbocycles. The molecular weight excluding hydrogens is 424 g/mol. The Hall–Kier alpha value is -2.48. The predicted molar refractivity (Wildman–Crippen MR) is 98.4 cm³/mol. The van der Waals surface area contributed by atoms with E-state index in [1.165, 1.54) is 13.0 Å². The van der Waals surface area contributed by atoms with Gasteiger partial charge in [0.05, 0.1) is 18.7 Å². The van der Waals surface area contributed by atoms with Crippen LogP contribution in [0.5, 0.6) is 5.75 Å². The van der Waals surface area contributed by atoms with Crippen molar-refractivity contribution in [2.45, 2.75) is 20.4 Å². The fourth-order valence-electron chi connectivity index (χ4n) is 2.24. The van der Waals surface area contributed by atoms with E-state index in [0.717, 1.165) is 10.5 Å². The Morgan fingerprint density at radius 2 is 1.85 bits per heavy atom. The van der Waals surface area contributed by atoms with Gasteiger partial charge in [-0.15, -0.1) is 0 Å². The second-order valence-electron chi connectivity index (χ2n) is 5.64. The standard InChI is InChI=1S/C19H18BrF2NO4/c1-3-26-18(24)11-27-17-9-16(21)12(2)8-15(17)19(25)23(22)10-13-4-6-14(20)7-5-13/h4-9H,3,10-11H2,1-2H3. The number of esters is 1. The molecule has 0 aliphatic heterocycles. The molecule has 0 aromatic heterocycles. The highest BCUT2D eigenvalue weighted by Crippen LogP contribution is 2.25. The smallest absolute Gasteiger partial charge is 0.344 e. The molecule has 0 unspecified atom stereocenters. The van der Waals surface area contributed by atoms with Crippen molar-refractivity contribution in [2.75, 3.05) is 13.2 Å². The fraction of sp³-hybridized carbons (Fsp3) is 0.263. The predicted octanol–water partition coefficient (Wildman–Crippen LogP) is 4.37. The number of hydrogen-bond donors (Lipinski definition) is 0. The lowest BCUT2D eigenvalue weighted by atomic mass is 10.1.